The average Bonchev–Trinajstić information content (AvgIpc) is 2.94. The molecule has 0 spiro atoms. The van der Waals surface area contributed by atoms with Crippen molar-refractivity contribution in [2.45, 2.75) is 38.7 Å². The summed E-state index contributed by atoms with van der Waals surface area (Å²) in [7, 11) is 0. The molecule has 2 N–H and O–H groups in total. The van der Waals surface area contributed by atoms with Gasteiger partial charge in [0, 0.05) is 5.41 Å². The Morgan fingerprint density at radius 1 is 1.47 bits per heavy atom. The molecule has 1 heterocycles. The largest absolute Gasteiger partial charge is 0.479 e. The van der Waals surface area contributed by atoms with Crippen molar-refractivity contribution in [2.75, 3.05) is 11.9 Å². The fourth-order valence-corrected chi connectivity index (χ4v) is 3.07. The predicted molar refractivity (Wildman–Crippen MR) is 72.3 cm³/mol. The van der Waals surface area contributed by atoms with E-state index in [1.807, 2.05) is 18.2 Å². The number of rotatable bonds is 2. The maximum Gasteiger partial charge on any atom is 0.265 e. The minimum absolute atomic E-state index is 0.100. The van der Waals surface area contributed by atoms with Crippen LogP contribution in [0.1, 0.15) is 32.8 Å². The van der Waals surface area contributed by atoms with Gasteiger partial charge in [0.1, 0.15) is 5.75 Å². The van der Waals surface area contributed by atoms with Crippen LogP contribution in [-0.2, 0) is 10.2 Å². The van der Waals surface area contributed by atoms with Crippen LogP contribution in [0.3, 0.4) is 0 Å². The molecule has 1 saturated carbocycles. The summed E-state index contributed by atoms with van der Waals surface area (Å²) < 4.78 is 5.54. The molecule has 102 valence electrons. The van der Waals surface area contributed by atoms with E-state index in [9.17, 15) is 9.90 Å². The van der Waals surface area contributed by atoms with E-state index in [0.29, 0.717) is 11.4 Å². The Hall–Kier alpha value is -1.55. The Bertz CT molecular complexity index is 552. The van der Waals surface area contributed by atoms with Crippen molar-refractivity contribution < 1.29 is 14.6 Å². The highest BCUT2D eigenvalue weighted by Gasteiger charge is 2.61. The van der Waals surface area contributed by atoms with Crippen molar-refractivity contribution in [3.63, 3.8) is 0 Å². The molecular formula is C15H19NO3. The zero-order valence-corrected chi connectivity index (χ0v) is 11.5. The van der Waals surface area contributed by atoms with E-state index in [4.69, 9.17) is 4.74 Å². The van der Waals surface area contributed by atoms with E-state index in [-0.39, 0.29) is 23.3 Å². The monoisotopic (exact) mass is 261 g/mol. The van der Waals surface area contributed by atoms with E-state index in [0.717, 1.165) is 12.0 Å². The van der Waals surface area contributed by atoms with E-state index in [1.165, 1.54) is 0 Å². The lowest BCUT2D eigenvalue weighted by Gasteiger charge is -2.26. The molecule has 2 atom stereocenters. The lowest BCUT2D eigenvalue weighted by atomic mass is 9.88. The van der Waals surface area contributed by atoms with Crippen LogP contribution in [0.5, 0.6) is 5.75 Å². The summed E-state index contributed by atoms with van der Waals surface area (Å²) in [6, 6.07) is 5.81. The van der Waals surface area contributed by atoms with Gasteiger partial charge in [0.2, 0.25) is 0 Å². The molecule has 2 unspecified atom stereocenters. The molecule has 0 saturated heterocycles. The van der Waals surface area contributed by atoms with Crippen molar-refractivity contribution in [1.29, 1.82) is 0 Å². The highest BCUT2D eigenvalue weighted by Crippen LogP contribution is 2.64. The number of fused-ring (bicyclic) bond motifs is 1. The molecule has 4 nitrogen and oxygen atoms in total. The van der Waals surface area contributed by atoms with Crippen LogP contribution >= 0.6 is 0 Å². The zero-order chi connectivity index (χ0) is 13.8. The number of hydrogen-bond donors (Lipinski definition) is 2. The van der Waals surface area contributed by atoms with Crippen LogP contribution < -0.4 is 10.1 Å². The number of aliphatic hydroxyl groups excluding tert-OH is 1. The van der Waals surface area contributed by atoms with Gasteiger partial charge in [-0.25, -0.2) is 0 Å². The molecule has 19 heavy (non-hydrogen) atoms. The topological polar surface area (TPSA) is 58.6 Å². The van der Waals surface area contributed by atoms with Crippen LogP contribution in [0.15, 0.2) is 18.2 Å². The number of benzene rings is 1. The highest BCUT2D eigenvalue weighted by molar-refractivity contribution is 5.97. The third-order valence-electron chi connectivity index (χ3n) is 4.65. The molecule has 1 aliphatic carbocycles. The molecule has 1 aliphatic heterocycles. The van der Waals surface area contributed by atoms with Gasteiger partial charge in [0.25, 0.3) is 5.91 Å². The number of carbonyl (C=O) groups excluding carboxylic acids is 1. The van der Waals surface area contributed by atoms with Crippen LogP contribution in [0, 0.1) is 5.41 Å². The highest BCUT2D eigenvalue weighted by atomic mass is 16.5. The fraction of sp³-hybridized carbons (Fsp3) is 0.533. The second kappa shape index (κ2) is 3.73. The SMILES string of the molecule is CC1Oc2ccc(C3(CO)CC3(C)C)cc2NC1=O. The van der Waals surface area contributed by atoms with E-state index in [2.05, 4.69) is 19.2 Å². The quantitative estimate of drug-likeness (QED) is 0.856. The van der Waals surface area contributed by atoms with Gasteiger partial charge in [0.05, 0.1) is 12.3 Å². The van der Waals surface area contributed by atoms with Crippen molar-refractivity contribution in [2.24, 2.45) is 5.41 Å². The Balaban J connectivity index is 1.99. The van der Waals surface area contributed by atoms with Crippen molar-refractivity contribution in [3.8, 4) is 5.75 Å². The van der Waals surface area contributed by atoms with Crippen LogP contribution in [-0.4, -0.2) is 23.7 Å². The summed E-state index contributed by atoms with van der Waals surface area (Å²) >= 11 is 0. The molecule has 3 rings (SSSR count). The van der Waals surface area contributed by atoms with Gasteiger partial charge in [0.15, 0.2) is 6.10 Å². The molecule has 1 fully saturated rings. The van der Waals surface area contributed by atoms with Crippen molar-refractivity contribution in [1.82, 2.24) is 0 Å². The van der Waals surface area contributed by atoms with Gasteiger partial charge < -0.3 is 15.2 Å². The zero-order valence-electron chi connectivity index (χ0n) is 11.5. The molecule has 4 heteroatoms. The number of aliphatic hydroxyl groups is 1. The predicted octanol–water partition coefficient (Wildman–Crippen LogP) is 2.07. The number of nitrogens with one attached hydrogen (secondary N) is 1. The molecule has 1 aromatic rings. The number of carbonyl (C=O) groups is 1. The molecule has 0 radical (unpaired) electrons. The lowest BCUT2D eigenvalue weighted by Crippen LogP contribution is -2.34. The molecule has 0 aromatic heterocycles. The summed E-state index contributed by atoms with van der Waals surface area (Å²) in [6.45, 7) is 6.16. The number of ether oxygens (including phenoxy) is 1. The maximum atomic E-state index is 11.6. The molecule has 0 bridgehead atoms. The summed E-state index contributed by atoms with van der Waals surface area (Å²) in [5.41, 5.74) is 1.69. The summed E-state index contributed by atoms with van der Waals surface area (Å²) in [4.78, 5) is 11.6. The van der Waals surface area contributed by atoms with Crippen LogP contribution in [0.25, 0.3) is 0 Å². The first-order valence-corrected chi connectivity index (χ1v) is 6.62. The second-order valence-electron chi connectivity index (χ2n) is 6.26. The van der Waals surface area contributed by atoms with Gasteiger partial charge in [-0.1, -0.05) is 19.9 Å². The van der Waals surface area contributed by atoms with Gasteiger partial charge in [-0.05, 0) is 36.5 Å². The van der Waals surface area contributed by atoms with Crippen molar-refractivity contribution in [3.05, 3.63) is 23.8 Å². The smallest absolute Gasteiger partial charge is 0.265 e. The van der Waals surface area contributed by atoms with Gasteiger partial charge in [-0.2, -0.15) is 0 Å². The van der Waals surface area contributed by atoms with Crippen molar-refractivity contribution >= 4 is 11.6 Å². The average molecular weight is 261 g/mol. The van der Waals surface area contributed by atoms with E-state index >= 15 is 0 Å². The van der Waals surface area contributed by atoms with Gasteiger partial charge >= 0.3 is 0 Å². The van der Waals surface area contributed by atoms with Gasteiger partial charge in [-0.15, -0.1) is 0 Å². The Labute approximate surface area is 112 Å². The Morgan fingerprint density at radius 3 is 2.74 bits per heavy atom. The van der Waals surface area contributed by atoms with Crippen LogP contribution in [0.2, 0.25) is 0 Å². The minimum atomic E-state index is -0.456. The maximum absolute atomic E-state index is 11.6. The molecule has 1 amide bonds. The normalized spacial score (nSPS) is 31.2. The first kappa shape index (κ1) is 12.5. The molecule has 1 aromatic carbocycles. The molecule has 2 aliphatic rings. The number of hydrogen-bond acceptors (Lipinski definition) is 3. The lowest BCUT2D eigenvalue weighted by molar-refractivity contribution is -0.122. The first-order chi connectivity index (χ1) is 8.89. The number of amides is 1. The third-order valence-corrected chi connectivity index (χ3v) is 4.65. The summed E-state index contributed by atoms with van der Waals surface area (Å²) in [6.07, 6.45) is 0.503. The van der Waals surface area contributed by atoms with E-state index in [1.54, 1.807) is 6.92 Å². The second-order valence-corrected chi connectivity index (χ2v) is 6.26. The first-order valence-electron chi connectivity index (χ1n) is 6.62. The Kier molecular flexibility index (Phi) is 2.45. The number of anilines is 1. The Morgan fingerprint density at radius 2 is 2.16 bits per heavy atom. The standard InChI is InChI=1S/C15H19NO3/c1-9-13(18)16-11-6-10(4-5-12(11)19-9)15(8-17)7-14(15,2)3/h4-6,9,17H,7-8H2,1-3H3,(H,16,18). The van der Waals surface area contributed by atoms with E-state index < -0.39 is 6.10 Å². The fourth-order valence-electron chi connectivity index (χ4n) is 3.07. The third kappa shape index (κ3) is 1.66. The van der Waals surface area contributed by atoms with Gasteiger partial charge in [-0.3, -0.25) is 4.79 Å². The summed E-state index contributed by atoms with van der Waals surface area (Å²) in [5.74, 6) is 0.570. The van der Waals surface area contributed by atoms with Crippen LogP contribution in [0.4, 0.5) is 5.69 Å². The molecular weight excluding hydrogens is 242 g/mol. The summed E-state index contributed by atoms with van der Waals surface area (Å²) in [5, 5.41) is 12.6. The minimum Gasteiger partial charge on any atom is -0.479 e.